The molecule has 0 amide bonds. The predicted octanol–water partition coefficient (Wildman–Crippen LogP) is 3.26. The summed E-state index contributed by atoms with van der Waals surface area (Å²) in [4.78, 5) is 22.8. The minimum Gasteiger partial charge on any atom is -0.326 e. The highest BCUT2D eigenvalue weighted by Crippen LogP contribution is 2.31. The fourth-order valence-corrected chi connectivity index (χ4v) is 4.74. The smallest absolute Gasteiger partial charge is 0.260 e. The number of benzene rings is 1. The summed E-state index contributed by atoms with van der Waals surface area (Å²) in [6.45, 7) is 4.23. The van der Waals surface area contributed by atoms with Gasteiger partial charge in [-0.1, -0.05) is 23.7 Å². The fourth-order valence-electron chi connectivity index (χ4n) is 3.65. The summed E-state index contributed by atoms with van der Waals surface area (Å²) in [5.74, 6) is 0.797. The van der Waals surface area contributed by atoms with E-state index in [2.05, 4.69) is 11.9 Å². The van der Waals surface area contributed by atoms with Crippen LogP contribution in [0.15, 0.2) is 34.4 Å². The number of hydrogen-bond donors (Lipinski definition) is 2. The molecule has 130 valence electrons. The molecule has 0 bridgehead atoms. The van der Waals surface area contributed by atoms with Crippen LogP contribution in [-0.2, 0) is 6.54 Å². The highest BCUT2D eigenvalue weighted by molar-refractivity contribution is 7.17. The van der Waals surface area contributed by atoms with E-state index in [1.54, 1.807) is 0 Å². The van der Waals surface area contributed by atoms with Gasteiger partial charge >= 0.3 is 0 Å². The Morgan fingerprint density at radius 1 is 1.32 bits per heavy atom. The van der Waals surface area contributed by atoms with E-state index in [0.29, 0.717) is 16.5 Å². The maximum absolute atomic E-state index is 12.7. The van der Waals surface area contributed by atoms with E-state index in [4.69, 9.17) is 16.6 Å². The third-order valence-corrected chi connectivity index (χ3v) is 6.25. The summed E-state index contributed by atoms with van der Waals surface area (Å²) in [5.41, 5.74) is 1.87. The van der Waals surface area contributed by atoms with Crippen molar-refractivity contribution in [3.05, 3.63) is 50.8 Å². The van der Waals surface area contributed by atoms with Crippen LogP contribution in [0.25, 0.3) is 21.3 Å². The molecule has 2 aromatic heterocycles. The van der Waals surface area contributed by atoms with E-state index in [9.17, 15) is 4.79 Å². The van der Waals surface area contributed by atoms with Crippen molar-refractivity contribution in [2.24, 2.45) is 0 Å². The summed E-state index contributed by atoms with van der Waals surface area (Å²) in [6, 6.07) is 8.20. The van der Waals surface area contributed by atoms with Gasteiger partial charge in [0, 0.05) is 16.0 Å². The molecule has 1 fully saturated rings. The lowest BCUT2D eigenvalue weighted by molar-refractivity contribution is -0.942. The molecular formula is C19H21ClN3OS+. The molecule has 0 spiro atoms. The number of likely N-dealkylation sites (tertiary alicyclic amines) is 1. The normalized spacial score (nSPS) is 20.9. The number of hydrogen-bond acceptors (Lipinski definition) is 3. The number of thiophene rings is 1. The number of fused-ring (bicyclic) bond motifs is 1. The van der Waals surface area contributed by atoms with Crippen molar-refractivity contribution in [2.75, 3.05) is 6.54 Å². The Hall–Kier alpha value is -1.69. The van der Waals surface area contributed by atoms with Crippen LogP contribution in [0.5, 0.6) is 0 Å². The van der Waals surface area contributed by atoms with Gasteiger partial charge in [-0.15, -0.1) is 11.3 Å². The molecule has 1 aliphatic heterocycles. The summed E-state index contributed by atoms with van der Waals surface area (Å²) < 4.78 is 0. The highest BCUT2D eigenvalue weighted by Gasteiger charge is 2.23. The van der Waals surface area contributed by atoms with Crippen molar-refractivity contribution in [1.29, 1.82) is 0 Å². The van der Waals surface area contributed by atoms with Crippen molar-refractivity contribution < 1.29 is 4.90 Å². The molecule has 0 radical (unpaired) electrons. The molecule has 0 saturated carbocycles. The Bertz CT molecular complexity index is 947. The van der Waals surface area contributed by atoms with Gasteiger partial charge in [-0.2, -0.15) is 0 Å². The van der Waals surface area contributed by atoms with Crippen LogP contribution in [0.1, 0.15) is 32.0 Å². The number of nitrogens with zero attached hydrogens (tertiary/aromatic N) is 1. The summed E-state index contributed by atoms with van der Waals surface area (Å²) in [6.07, 6.45) is 3.82. The molecule has 1 unspecified atom stereocenters. The van der Waals surface area contributed by atoms with Gasteiger partial charge in [-0.05, 0) is 43.9 Å². The highest BCUT2D eigenvalue weighted by atomic mass is 35.5. The van der Waals surface area contributed by atoms with Gasteiger partial charge in [-0.25, -0.2) is 4.98 Å². The fraction of sp³-hybridized carbons (Fsp3) is 0.368. The molecule has 4 rings (SSSR count). The first-order chi connectivity index (χ1) is 12.1. The topological polar surface area (TPSA) is 50.2 Å². The number of piperidine rings is 1. The Balaban J connectivity index is 1.69. The Morgan fingerprint density at radius 2 is 2.12 bits per heavy atom. The van der Waals surface area contributed by atoms with Crippen LogP contribution in [0.4, 0.5) is 0 Å². The molecule has 6 heteroatoms. The third kappa shape index (κ3) is 3.36. The predicted molar refractivity (Wildman–Crippen MR) is 104 cm³/mol. The van der Waals surface area contributed by atoms with Crippen LogP contribution in [0.2, 0.25) is 5.02 Å². The second-order valence-corrected chi connectivity index (χ2v) is 8.13. The second-order valence-electron chi connectivity index (χ2n) is 6.83. The standard InChI is InChI=1S/C19H20ClN3OS/c1-12-4-2-3-9-23(12)10-16-21-18(24)17-15(11-25-19(17)22-16)13-5-7-14(20)8-6-13/h5-8,11-12H,2-4,9-10H2,1H3,(H,21,22,24)/p+1/t12-/m0/s1. The van der Waals surface area contributed by atoms with Crippen molar-refractivity contribution in [3.8, 4) is 11.1 Å². The average molecular weight is 375 g/mol. The maximum Gasteiger partial charge on any atom is 0.260 e. The molecule has 0 aliphatic carbocycles. The number of nitrogens with one attached hydrogen (secondary N) is 2. The lowest BCUT2D eigenvalue weighted by Crippen LogP contribution is -3.15. The van der Waals surface area contributed by atoms with E-state index in [1.165, 1.54) is 35.5 Å². The number of aromatic nitrogens is 2. The first kappa shape index (κ1) is 16.8. The summed E-state index contributed by atoms with van der Waals surface area (Å²) in [5, 5.41) is 3.38. The number of halogens is 1. The molecule has 25 heavy (non-hydrogen) atoms. The number of H-pyrrole nitrogens is 1. The van der Waals surface area contributed by atoms with E-state index in [0.717, 1.165) is 34.9 Å². The molecule has 3 heterocycles. The lowest BCUT2D eigenvalue weighted by Gasteiger charge is -2.29. The van der Waals surface area contributed by atoms with Crippen LogP contribution in [0.3, 0.4) is 0 Å². The van der Waals surface area contributed by atoms with E-state index in [-0.39, 0.29) is 5.56 Å². The molecule has 2 atom stereocenters. The van der Waals surface area contributed by atoms with E-state index in [1.807, 2.05) is 29.6 Å². The Labute approximate surface area is 155 Å². The van der Waals surface area contributed by atoms with Gasteiger partial charge < -0.3 is 9.88 Å². The minimum atomic E-state index is -0.0461. The van der Waals surface area contributed by atoms with Crippen molar-refractivity contribution in [2.45, 2.75) is 38.8 Å². The van der Waals surface area contributed by atoms with Gasteiger partial charge in [0.15, 0.2) is 5.82 Å². The van der Waals surface area contributed by atoms with Crippen LogP contribution >= 0.6 is 22.9 Å². The van der Waals surface area contributed by atoms with Crippen molar-refractivity contribution in [1.82, 2.24) is 9.97 Å². The minimum absolute atomic E-state index is 0.0461. The van der Waals surface area contributed by atoms with Gasteiger partial charge in [0.25, 0.3) is 5.56 Å². The Kier molecular flexibility index (Phi) is 4.63. The zero-order valence-corrected chi connectivity index (χ0v) is 15.7. The van der Waals surface area contributed by atoms with Crippen molar-refractivity contribution in [3.63, 3.8) is 0 Å². The zero-order valence-electron chi connectivity index (χ0n) is 14.1. The third-order valence-electron chi connectivity index (χ3n) is 5.12. The second kappa shape index (κ2) is 6.90. The molecular weight excluding hydrogens is 354 g/mol. The van der Waals surface area contributed by atoms with Gasteiger partial charge in [0.05, 0.1) is 18.0 Å². The summed E-state index contributed by atoms with van der Waals surface area (Å²) >= 11 is 7.50. The quantitative estimate of drug-likeness (QED) is 0.739. The van der Waals surface area contributed by atoms with Crippen molar-refractivity contribution >= 4 is 33.2 Å². The molecule has 1 saturated heterocycles. The van der Waals surface area contributed by atoms with Gasteiger partial charge in [0.2, 0.25) is 0 Å². The van der Waals surface area contributed by atoms with Crippen LogP contribution in [-0.4, -0.2) is 22.6 Å². The van der Waals surface area contributed by atoms with Crippen LogP contribution < -0.4 is 10.5 Å². The monoisotopic (exact) mass is 374 g/mol. The number of aromatic amines is 1. The first-order valence-corrected chi connectivity index (χ1v) is 9.98. The molecule has 4 nitrogen and oxygen atoms in total. The van der Waals surface area contributed by atoms with E-state index >= 15 is 0 Å². The molecule has 3 aromatic rings. The average Bonchev–Trinajstić information content (AvgIpc) is 3.02. The molecule has 1 aromatic carbocycles. The number of quaternary nitrogens is 1. The van der Waals surface area contributed by atoms with Gasteiger partial charge in [-0.3, -0.25) is 4.79 Å². The molecule has 1 aliphatic rings. The zero-order chi connectivity index (χ0) is 17.4. The molecule has 2 N–H and O–H groups in total. The SMILES string of the molecule is C[C@H]1CCCC[NH+]1Cc1nc2scc(-c3ccc(Cl)cc3)c2c(=O)[nH]1. The Morgan fingerprint density at radius 3 is 2.88 bits per heavy atom. The largest absolute Gasteiger partial charge is 0.326 e. The van der Waals surface area contributed by atoms with E-state index < -0.39 is 0 Å². The first-order valence-electron chi connectivity index (χ1n) is 8.73. The summed E-state index contributed by atoms with van der Waals surface area (Å²) in [7, 11) is 0. The lowest BCUT2D eigenvalue weighted by atomic mass is 10.0. The van der Waals surface area contributed by atoms with Gasteiger partial charge in [0.1, 0.15) is 11.4 Å². The maximum atomic E-state index is 12.7. The van der Waals surface area contributed by atoms with Crippen LogP contribution in [0, 0.1) is 0 Å². The number of rotatable bonds is 3.